The molecule has 0 heterocycles. The summed E-state index contributed by atoms with van der Waals surface area (Å²) in [6.45, 7) is 5.76. The Morgan fingerprint density at radius 2 is 1.94 bits per heavy atom. The van der Waals surface area contributed by atoms with Gasteiger partial charge in [0.2, 0.25) is 5.91 Å². The summed E-state index contributed by atoms with van der Waals surface area (Å²) >= 11 is 0. The summed E-state index contributed by atoms with van der Waals surface area (Å²) in [5.74, 6) is -0.678. The molecular formula is C12H24N2O4. The fourth-order valence-electron chi connectivity index (χ4n) is 1.21. The maximum absolute atomic E-state index is 11.4. The van der Waals surface area contributed by atoms with Crippen molar-refractivity contribution in [1.82, 2.24) is 5.32 Å². The first kappa shape index (κ1) is 16.9. The summed E-state index contributed by atoms with van der Waals surface area (Å²) < 4.78 is 5.32. The standard InChI is InChI=1S/C12H24N2O4/c1-9(2)5-7-18-8-6-14-12(17)10(13)3-4-11(15)16/h9-10H,3-8,13H2,1-2H3,(H,14,17)(H,15,16). The van der Waals surface area contributed by atoms with Crippen LogP contribution in [0.4, 0.5) is 0 Å². The topological polar surface area (TPSA) is 102 Å². The first-order chi connectivity index (χ1) is 8.43. The quantitative estimate of drug-likeness (QED) is 0.492. The van der Waals surface area contributed by atoms with Crippen LogP contribution in [-0.2, 0) is 14.3 Å². The fourth-order valence-corrected chi connectivity index (χ4v) is 1.21. The molecule has 4 N–H and O–H groups in total. The Kier molecular flexibility index (Phi) is 9.22. The highest BCUT2D eigenvalue weighted by Gasteiger charge is 2.13. The second kappa shape index (κ2) is 9.85. The van der Waals surface area contributed by atoms with Gasteiger partial charge < -0.3 is 20.9 Å². The summed E-state index contributed by atoms with van der Waals surface area (Å²) in [5, 5.41) is 11.1. The van der Waals surface area contributed by atoms with Crippen LogP contribution in [0.2, 0.25) is 0 Å². The highest BCUT2D eigenvalue weighted by atomic mass is 16.5. The molecule has 0 aromatic heterocycles. The van der Waals surface area contributed by atoms with Crippen molar-refractivity contribution in [3.8, 4) is 0 Å². The van der Waals surface area contributed by atoms with E-state index in [1.807, 2.05) is 0 Å². The summed E-state index contributed by atoms with van der Waals surface area (Å²) in [4.78, 5) is 21.7. The van der Waals surface area contributed by atoms with Crippen LogP contribution in [0, 0.1) is 5.92 Å². The lowest BCUT2D eigenvalue weighted by Crippen LogP contribution is -2.42. The van der Waals surface area contributed by atoms with Crippen LogP contribution in [0.15, 0.2) is 0 Å². The minimum absolute atomic E-state index is 0.0977. The van der Waals surface area contributed by atoms with Gasteiger partial charge in [0.15, 0.2) is 0 Å². The van der Waals surface area contributed by atoms with E-state index < -0.39 is 12.0 Å². The normalized spacial score (nSPS) is 12.4. The van der Waals surface area contributed by atoms with Crippen LogP contribution in [0.25, 0.3) is 0 Å². The third kappa shape index (κ3) is 10.0. The van der Waals surface area contributed by atoms with Gasteiger partial charge in [-0.15, -0.1) is 0 Å². The number of hydrogen-bond acceptors (Lipinski definition) is 4. The van der Waals surface area contributed by atoms with Crippen LogP contribution in [-0.4, -0.2) is 42.8 Å². The number of hydrogen-bond donors (Lipinski definition) is 3. The molecule has 1 unspecified atom stereocenters. The molecule has 0 saturated carbocycles. The highest BCUT2D eigenvalue weighted by molar-refractivity contribution is 5.82. The Morgan fingerprint density at radius 1 is 1.28 bits per heavy atom. The van der Waals surface area contributed by atoms with E-state index in [1.165, 1.54) is 0 Å². The van der Waals surface area contributed by atoms with E-state index in [0.717, 1.165) is 6.42 Å². The lowest BCUT2D eigenvalue weighted by Gasteiger charge is -2.11. The number of aliphatic carboxylic acids is 1. The average molecular weight is 260 g/mol. The molecule has 6 heteroatoms. The Morgan fingerprint density at radius 3 is 2.50 bits per heavy atom. The fraction of sp³-hybridized carbons (Fsp3) is 0.833. The van der Waals surface area contributed by atoms with E-state index in [4.69, 9.17) is 15.6 Å². The van der Waals surface area contributed by atoms with Gasteiger partial charge in [-0.05, 0) is 18.8 Å². The number of carbonyl (C=O) groups excluding carboxylic acids is 1. The van der Waals surface area contributed by atoms with Crippen LogP contribution in [0.1, 0.15) is 33.1 Å². The minimum Gasteiger partial charge on any atom is -0.481 e. The summed E-state index contributed by atoms with van der Waals surface area (Å²) in [6, 6.07) is -0.767. The molecule has 0 saturated heterocycles. The maximum atomic E-state index is 11.4. The molecule has 106 valence electrons. The molecule has 18 heavy (non-hydrogen) atoms. The molecule has 0 radical (unpaired) electrons. The zero-order valence-electron chi connectivity index (χ0n) is 11.1. The van der Waals surface area contributed by atoms with Gasteiger partial charge in [0.05, 0.1) is 12.6 Å². The van der Waals surface area contributed by atoms with Crippen LogP contribution in [0.5, 0.6) is 0 Å². The van der Waals surface area contributed by atoms with Gasteiger partial charge in [0.25, 0.3) is 0 Å². The third-order valence-electron chi connectivity index (χ3n) is 2.39. The maximum Gasteiger partial charge on any atom is 0.303 e. The molecule has 6 nitrogen and oxygen atoms in total. The van der Waals surface area contributed by atoms with E-state index in [9.17, 15) is 9.59 Å². The predicted octanol–water partition coefficient (Wildman–Crippen LogP) is 0.357. The number of nitrogens with two attached hydrogens (primary N) is 1. The van der Waals surface area contributed by atoms with Crippen molar-refractivity contribution in [3.05, 3.63) is 0 Å². The van der Waals surface area contributed by atoms with Crippen molar-refractivity contribution in [1.29, 1.82) is 0 Å². The van der Waals surface area contributed by atoms with Gasteiger partial charge in [-0.2, -0.15) is 0 Å². The van der Waals surface area contributed by atoms with Crippen molar-refractivity contribution in [3.63, 3.8) is 0 Å². The molecule has 0 fully saturated rings. The molecule has 1 atom stereocenters. The van der Waals surface area contributed by atoms with Crippen molar-refractivity contribution in [2.45, 2.75) is 39.2 Å². The number of nitrogens with one attached hydrogen (secondary N) is 1. The van der Waals surface area contributed by atoms with Crippen molar-refractivity contribution < 1.29 is 19.4 Å². The van der Waals surface area contributed by atoms with Gasteiger partial charge >= 0.3 is 5.97 Å². The Balaban J connectivity index is 3.49. The van der Waals surface area contributed by atoms with E-state index in [2.05, 4.69) is 19.2 Å². The molecule has 0 aromatic carbocycles. The van der Waals surface area contributed by atoms with Crippen LogP contribution >= 0.6 is 0 Å². The molecule has 0 rings (SSSR count). The molecule has 1 amide bonds. The zero-order valence-corrected chi connectivity index (χ0v) is 11.1. The number of rotatable bonds is 10. The Hall–Kier alpha value is -1.14. The average Bonchev–Trinajstić information content (AvgIpc) is 2.29. The van der Waals surface area contributed by atoms with Gasteiger partial charge in [0.1, 0.15) is 0 Å². The van der Waals surface area contributed by atoms with E-state index in [-0.39, 0.29) is 18.7 Å². The first-order valence-electron chi connectivity index (χ1n) is 6.26. The minimum atomic E-state index is -0.949. The summed E-state index contributed by atoms with van der Waals surface area (Å²) in [5.41, 5.74) is 5.53. The lowest BCUT2D eigenvalue weighted by molar-refractivity contribution is -0.137. The van der Waals surface area contributed by atoms with E-state index >= 15 is 0 Å². The molecule has 0 aliphatic heterocycles. The van der Waals surface area contributed by atoms with Gasteiger partial charge in [-0.1, -0.05) is 13.8 Å². The summed E-state index contributed by atoms with van der Waals surface area (Å²) in [6.07, 6.45) is 1.04. The molecular weight excluding hydrogens is 236 g/mol. The monoisotopic (exact) mass is 260 g/mol. The zero-order chi connectivity index (χ0) is 14.0. The molecule has 0 aromatic rings. The highest BCUT2D eigenvalue weighted by Crippen LogP contribution is 1.98. The van der Waals surface area contributed by atoms with Crippen LogP contribution < -0.4 is 11.1 Å². The molecule has 0 aliphatic carbocycles. The predicted molar refractivity (Wildman–Crippen MR) is 68.1 cm³/mol. The van der Waals surface area contributed by atoms with Gasteiger partial charge in [-0.25, -0.2) is 0 Å². The largest absolute Gasteiger partial charge is 0.481 e. The second-order valence-electron chi connectivity index (χ2n) is 4.62. The number of carboxylic acids is 1. The van der Waals surface area contributed by atoms with Crippen LogP contribution in [0.3, 0.4) is 0 Å². The SMILES string of the molecule is CC(C)CCOCCNC(=O)C(N)CCC(=O)O. The van der Waals surface area contributed by atoms with Gasteiger partial charge in [0, 0.05) is 19.6 Å². The number of ether oxygens (including phenoxy) is 1. The Labute approximate surface area is 108 Å². The van der Waals surface area contributed by atoms with E-state index in [1.54, 1.807) is 0 Å². The number of carboxylic acid groups (broad SMARTS) is 1. The van der Waals surface area contributed by atoms with Crippen molar-refractivity contribution in [2.24, 2.45) is 11.7 Å². The van der Waals surface area contributed by atoms with Crippen molar-refractivity contribution >= 4 is 11.9 Å². The molecule has 0 bridgehead atoms. The number of carbonyl (C=O) groups is 2. The molecule has 0 aliphatic rings. The van der Waals surface area contributed by atoms with Crippen molar-refractivity contribution in [2.75, 3.05) is 19.8 Å². The Bertz CT molecular complexity index is 256. The number of amides is 1. The van der Waals surface area contributed by atoms with E-state index in [0.29, 0.717) is 25.7 Å². The smallest absolute Gasteiger partial charge is 0.303 e. The molecule has 0 spiro atoms. The third-order valence-corrected chi connectivity index (χ3v) is 2.39. The second-order valence-corrected chi connectivity index (χ2v) is 4.62. The lowest BCUT2D eigenvalue weighted by atomic mass is 10.1. The summed E-state index contributed by atoms with van der Waals surface area (Å²) in [7, 11) is 0. The van der Waals surface area contributed by atoms with Gasteiger partial charge in [-0.3, -0.25) is 9.59 Å². The first-order valence-corrected chi connectivity index (χ1v) is 6.26.